The standard InChI is InChI=1S/C19H15Cl2N5O3S/c1-27-12-5-10(6-13(8-12)28-2)17-22-19(26-24-17)30-9-16-23-25-18(29-16)14-4-3-11(20)7-15(14)21/h3-8H,9H2,1-2H3,(H,22,24,26). The van der Waals surface area contributed by atoms with E-state index in [1.54, 1.807) is 38.5 Å². The minimum absolute atomic E-state index is 0.325. The van der Waals surface area contributed by atoms with Crippen molar-refractivity contribution in [3.8, 4) is 34.3 Å². The SMILES string of the molecule is COc1cc(OC)cc(-c2nc(SCc3nnc(-c4ccc(Cl)cc4Cl)o3)n[nH]2)c1. The van der Waals surface area contributed by atoms with Crippen LogP contribution in [0.5, 0.6) is 11.5 Å². The molecule has 0 spiro atoms. The van der Waals surface area contributed by atoms with Crippen LogP contribution in [0.25, 0.3) is 22.8 Å². The van der Waals surface area contributed by atoms with Gasteiger partial charge in [0.1, 0.15) is 11.5 Å². The lowest BCUT2D eigenvalue weighted by Crippen LogP contribution is -1.89. The second-order valence-electron chi connectivity index (χ2n) is 5.98. The van der Waals surface area contributed by atoms with E-state index >= 15 is 0 Å². The number of ether oxygens (including phenoxy) is 2. The van der Waals surface area contributed by atoms with Crippen molar-refractivity contribution in [3.63, 3.8) is 0 Å². The number of methoxy groups -OCH3 is 2. The molecule has 2 aromatic carbocycles. The van der Waals surface area contributed by atoms with Crippen molar-refractivity contribution in [2.45, 2.75) is 10.9 Å². The highest BCUT2D eigenvalue weighted by Gasteiger charge is 2.14. The van der Waals surface area contributed by atoms with Gasteiger partial charge in [0.25, 0.3) is 0 Å². The van der Waals surface area contributed by atoms with E-state index in [1.807, 2.05) is 12.1 Å². The fourth-order valence-electron chi connectivity index (χ4n) is 2.59. The van der Waals surface area contributed by atoms with E-state index in [9.17, 15) is 0 Å². The Labute approximate surface area is 185 Å². The molecule has 0 saturated carbocycles. The third-order valence-corrected chi connectivity index (χ3v) is 5.42. The molecule has 0 radical (unpaired) electrons. The predicted molar refractivity (Wildman–Crippen MR) is 114 cm³/mol. The average molecular weight is 464 g/mol. The monoisotopic (exact) mass is 463 g/mol. The van der Waals surface area contributed by atoms with E-state index in [2.05, 4.69) is 25.4 Å². The highest BCUT2D eigenvalue weighted by molar-refractivity contribution is 7.98. The van der Waals surface area contributed by atoms with Crippen LogP contribution in [0.4, 0.5) is 0 Å². The molecular formula is C19H15Cl2N5O3S. The Kier molecular flexibility index (Phi) is 6.12. The highest BCUT2D eigenvalue weighted by Crippen LogP contribution is 2.31. The lowest BCUT2D eigenvalue weighted by molar-refractivity contribution is 0.394. The second kappa shape index (κ2) is 8.95. The van der Waals surface area contributed by atoms with Crippen molar-refractivity contribution < 1.29 is 13.9 Å². The minimum Gasteiger partial charge on any atom is -0.497 e. The molecule has 0 amide bonds. The van der Waals surface area contributed by atoms with Gasteiger partial charge in [0.2, 0.25) is 16.9 Å². The van der Waals surface area contributed by atoms with E-state index in [1.165, 1.54) is 11.8 Å². The van der Waals surface area contributed by atoms with Gasteiger partial charge in [-0.15, -0.1) is 15.3 Å². The van der Waals surface area contributed by atoms with Gasteiger partial charge in [-0.2, -0.15) is 0 Å². The summed E-state index contributed by atoms with van der Waals surface area (Å²) in [6.07, 6.45) is 0. The van der Waals surface area contributed by atoms with Crippen molar-refractivity contribution in [1.82, 2.24) is 25.4 Å². The van der Waals surface area contributed by atoms with Crippen LogP contribution in [0.3, 0.4) is 0 Å². The van der Waals surface area contributed by atoms with E-state index in [-0.39, 0.29) is 0 Å². The summed E-state index contributed by atoms with van der Waals surface area (Å²) in [6, 6.07) is 10.5. The van der Waals surface area contributed by atoms with Crippen LogP contribution in [0.2, 0.25) is 10.0 Å². The molecule has 1 N–H and O–H groups in total. The lowest BCUT2D eigenvalue weighted by atomic mass is 10.2. The summed E-state index contributed by atoms with van der Waals surface area (Å²) in [6.45, 7) is 0. The molecule has 0 bridgehead atoms. The summed E-state index contributed by atoms with van der Waals surface area (Å²) in [7, 11) is 3.19. The van der Waals surface area contributed by atoms with Crippen LogP contribution in [0.1, 0.15) is 5.89 Å². The molecule has 0 fully saturated rings. The zero-order chi connectivity index (χ0) is 21.1. The molecule has 0 aliphatic heterocycles. The molecule has 4 rings (SSSR count). The summed E-state index contributed by atoms with van der Waals surface area (Å²) in [5.74, 6) is 3.07. The number of hydrogen-bond acceptors (Lipinski definition) is 8. The molecule has 8 nitrogen and oxygen atoms in total. The Morgan fingerprint density at radius 1 is 1.03 bits per heavy atom. The first-order valence-corrected chi connectivity index (χ1v) is 10.4. The van der Waals surface area contributed by atoms with Crippen LogP contribution >= 0.6 is 35.0 Å². The first-order chi connectivity index (χ1) is 14.6. The van der Waals surface area contributed by atoms with Gasteiger partial charge in [-0.25, -0.2) is 4.98 Å². The van der Waals surface area contributed by atoms with Crippen molar-refractivity contribution in [2.75, 3.05) is 14.2 Å². The van der Waals surface area contributed by atoms with Crippen molar-refractivity contribution in [2.24, 2.45) is 0 Å². The maximum absolute atomic E-state index is 6.19. The summed E-state index contributed by atoms with van der Waals surface area (Å²) in [4.78, 5) is 4.49. The van der Waals surface area contributed by atoms with E-state index in [0.29, 0.717) is 55.6 Å². The lowest BCUT2D eigenvalue weighted by Gasteiger charge is -2.06. The number of benzene rings is 2. The van der Waals surface area contributed by atoms with Gasteiger partial charge in [-0.3, -0.25) is 5.10 Å². The van der Waals surface area contributed by atoms with Crippen molar-refractivity contribution in [1.29, 1.82) is 0 Å². The molecule has 0 unspecified atom stereocenters. The molecule has 0 aliphatic carbocycles. The quantitative estimate of drug-likeness (QED) is 0.376. The van der Waals surface area contributed by atoms with E-state index < -0.39 is 0 Å². The van der Waals surface area contributed by atoms with Crippen LogP contribution in [-0.2, 0) is 5.75 Å². The minimum atomic E-state index is 0.325. The zero-order valence-electron chi connectivity index (χ0n) is 15.8. The summed E-state index contributed by atoms with van der Waals surface area (Å²) >= 11 is 13.5. The smallest absolute Gasteiger partial charge is 0.249 e. The normalized spacial score (nSPS) is 10.9. The number of H-pyrrole nitrogens is 1. The Hall–Kier alpha value is -2.75. The summed E-state index contributed by atoms with van der Waals surface area (Å²) in [5.41, 5.74) is 1.42. The first kappa shape index (κ1) is 20.5. The zero-order valence-corrected chi connectivity index (χ0v) is 18.2. The summed E-state index contributed by atoms with van der Waals surface area (Å²) in [5, 5.41) is 16.8. The molecule has 11 heteroatoms. The maximum atomic E-state index is 6.19. The number of nitrogens with one attached hydrogen (secondary N) is 1. The molecule has 0 atom stereocenters. The molecule has 2 aromatic heterocycles. The molecule has 2 heterocycles. The first-order valence-electron chi connectivity index (χ1n) is 8.62. The Morgan fingerprint density at radius 2 is 1.80 bits per heavy atom. The molecule has 0 aliphatic rings. The average Bonchev–Trinajstić information content (AvgIpc) is 3.41. The molecule has 4 aromatic rings. The number of hydrogen-bond donors (Lipinski definition) is 1. The Balaban J connectivity index is 1.46. The number of aromatic amines is 1. The molecule has 154 valence electrons. The van der Waals surface area contributed by atoms with Crippen molar-refractivity contribution in [3.05, 3.63) is 52.3 Å². The molecule has 30 heavy (non-hydrogen) atoms. The number of aromatic nitrogens is 5. The van der Waals surface area contributed by atoms with Gasteiger partial charge < -0.3 is 13.9 Å². The summed E-state index contributed by atoms with van der Waals surface area (Å²) < 4.78 is 16.3. The second-order valence-corrected chi connectivity index (χ2v) is 7.77. The number of halogens is 2. The Bertz CT molecular complexity index is 1160. The number of nitrogens with zero attached hydrogens (tertiary/aromatic N) is 4. The Morgan fingerprint density at radius 3 is 2.50 bits per heavy atom. The number of rotatable bonds is 7. The molecule has 0 saturated heterocycles. The van der Waals surface area contributed by atoms with Crippen LogP contribution < -0.4 is 9.47 Å². The fourth-order valence-corrected chi connectivity index (χ4v) is 3.72. The third-order valence-electron chi connectivity index (χ3n) is 4.04. The van der Waals surface area contributed by atoms with Gasteiger partial charge in [0, 0.05) is 16.7 Å². The largest absolute Gasteiger partial charge is 0.497 e. The number of thioether (sulfide) groups is 1. The van der Waals surface area contributed by atoms with Gasteiger partial charge in [0.05, 0.1) is 30.6 Å². The maximum Gasteiger partial charge on any atom is 0.249 e. The fraction of sp³-hybridized carbons (Fsp3) is 0.158. The van der Waals surface area contributed by atoms with Crippen LogP contribution in [-0.4, -0.2) is 39.6 Å². The predicted octanol–water partition coefficient (Wildman–Crippen LogP) is 5.14. The van der Waals surface area contributed by atoms with Crippen molar-refractivity contribution >= 4 is 35.0 Å². The third kappa shape index (κ3) is 4.53. The van der Waals surface area contributed by atoms with Gasteiger partial charge in [0.15, 0.2) is 5.82 Å². The van der Waals surface area contributed by atoms with Crippen LogP contribution in [0.15, 0.2) is 46.0 Å². The van der Waals surface area contributed by atoms with E-state index in [0.717, 1.165) is 5.56 Å². The highest BCUT2D eigenvalue weighted by atomic mass is 35.5. The van der Waals surface area contributed by atoms with Gasteiger partial charge in [-0.05, 0) is 30.3 Å². The van der Waals surface area contributed by atoms with Crippen LogP contribution in [0, 0.1) is 0 Å². The van der Waals surface area contributed by atoms with Gasteiger partial charge in [-0.1, -0.05) is 35.0 Å². The van der Waals surface area contributed by atoms with E-state index in [4.69, 9.17) is 37.1 Å². The van der Waals surface area contributed by atoms with Gasteiger partial charge >= 0.3 is 0 Å². The topological polar surface area (TPSA) is 99.0 Å². The molecular weight excluding hydrogens is 449 g/mol.